The first-order chi connectivity index (χ1) is 15.3. The highest BCUT2D eigenvalue weighted by molar-refractivity contribution is 9.10. The van der Waals surface area contributed by atoms with Gasteiger partial charge in [-0.2, -0.15) is 4.98 Å². The molecule has 0 spiro atoms. The van der Waals surface area contributed by atoms with E-state index in [4.69, 9.17) is 10.5 Å². The van der Waals surface area contributed by atoms with Crippen LogP contribution >= 0.6 is 15.9 Å². The molecule has 3 N–H and O–H groups in total. The molecule has 1 aromatic heterocycles. The molecule has 2 aromatic carbocycles. The number of hydrogen-bond donors (Lipinski definition) is 2. The molecule has 32 heavy (non-hydrogen) atoms. The number of carbonyl (C=O) groups excluding carboxylic acids is 1. The first-order valence-electron chi connectivity index (χ1n) is 9.71. The summed E-state index contributed by atoms with van der Waals surface area (Å²) in [4.78, 5) is 29.1. The first kappa shape index (κ1) is 23.6. The molecule has 0 aliphatic rings. The Morgan fingerprint density at radius 3 is 2.59 bits per heavy atom. The highest BCUT2D eigenvalue weighted by Gasteiger charge is 2.15. The van der Waals surface area contributed by atoms with Crippen LogP contribution in [0.5, 0.6) is 5.88 Å². The summed E-state index contributed by atoms with van der Waals surface area (Å²) in [6.07, 6.45) is 0. The summed E-state index contributed by atoms with van der Waals surface area (Å²) in [5.74, 6) is -1.25. The second-order valence-electron chi connectivity index (χ2n) is 6.94. The van der Waals surface area contributed by atoms with Crippen molar-refractivity contribution in [2.45, 2.75) is 20.1 Å². The van der Waals surface area contributed by atoms with Crippen LogP contribution in [0, 0.1) is 18.6 Å². The summed E-state index contributed by atoms with van der Waals surface area (Å²) in [6.45, 7) is 2.40. The van der Waals surface area contributed by atoms with Gasteiger partial charge in [-0.15, -0.1) is 0 Å². The smallest absolute Gasteiger partial charge is 0.272 e. The number of aromatic nitrogens is 2. The maximum absolute atomic E-state index is 13.8. The lowest BCUT2D eigenvalue weighted by molar-refractivity contribution is 0.0954. The van der Waals surface area contributed by atoms with Crippen LogP contribution < -0.4 is 21.3 Å². The number of halogens is 3. The van der Waals surface area contributed by atoms with Gasteiger partial charge >= 0.3 is 0 Å². The number of carbonyl (C=O) groups is 1. The van der Waals surface area contributed by atoms with Crippen LogP contribution in [0.15, 0.2) is 51.7 Å². The van der Waals surface area contributed by atoms with E-state index in [0.717, 1.165) is 17.7 Å². The average molecular weight is 507 g/mol. The van der Waals surface area contributed by atoms with E-state index >= 15 is 0 Å². The standard InChI is InChI=1S/C22H21BrF2N4O3/c1-13-28-21(32-12-16-6-7-17(24)10-18(16)25)19(23)22(31)29(13)11-14-2-4-15(5-3-14)20(30)27-9-8-26/h2-7,10H,8-9,11-12,26H2,1H3,(H,27,30). The minimum Gasteiger partial charge on any atom is -0.472 e. The highest BCUT2D eigenvalue weighted by atomic mass is 79.9. The molecule has 0 fully saturated rings. The van der Waals surface area contributed by atoms with E-state index in [1.807, 2.05) is 0 Å². The molecule has 0 bridgehead atoms. The maximum atomic E-state index is 13.8. The third-order valence-electron chi connectivity index (χ3n) is 4.64. The fraction of sp³-hybridized carbons (Fsp3) is 0.227. The zero-order chi connectivity index (χ0) is 23.3. The van der Waals surface area contributed by atoms with Crippen LogP contribution in [0.2, 0.25) is 0 Å². The van der Waals surface area contributed by atoms with Crippen LogP contribution in [0.25, 0.3) is 0 Å². The van der Waals surface area contributed by atoms with E-state index in [0.29, 0.717) is 24.5 Å². The molecule has 0 atom stereocenters. The lowest BCUT2D eigenvalue weighted by atomic mass is 10.1. The topological polar surface area (TPSA) is 99.2 Å². The Labute approximate surface area is 191 Å². The molecule has 0 radical (unpaired) electrons. The fourth-order valence-corrected chi connectivity index (χ4v) is 3.33. The van der Waals surface area contributed by atoms with Gasteiger partial charge in [-0.1, -0.05) is 12.1 Å². The molecule has 168 valence electrons. The summed E-state index contributed by atoms with van der Waals surface area (Å²) in [7, 11) is 0. The molecule has 7 nitrogen and oxygen atoms in total. The largest absolute Gasteiger partial charge is 0.472 e. The van der Waals surface area contributed by atoms with Gasteiger partial charge in [0.2, 0.25) is 5.88 Å². The summed E-state index contributed by atoms with van der Waals surface area (Å²) in [6, 6.07) is 9.99. The monoisotopic (exact) mass is 506 g/mol. The number of rotatable bonds is 8. The first-order valence-corrected chi connectivity index (χ1v) is 10.5. The third kappa shape index (κ3) is 5.57. The lowest BCUT2D eigenvalue weighted by Gasteiger charge is -2.14. The minimum absolute atomic E-state index is 0.0133. The molecule has 0 saturated carbocycles. The van der Waals surface area contributed by atoms with E-state index < -0.39 is 11.6 Å². The molecule has 0 unspecified atom stereocenters. The van der Waals surface area contributed by atoms with Crippen molar-refractivity contribution in [1.29, 1.82) is 0 Å². The third-order valence-corrected chi connectivity index (χ3v) is 5.32. The molecule has 10 heteroatoms. The van der Waals surface area contributed by atoms with Gasteiger partial charge in [0.1, 0.15) is 28.5 Å². The zero-order valence-corrected chi connectivity index (χ0v) is 18.8. The average Bonchev–Trinajstić information content (AvgIpc) is 2.78. The summed E-state index contributed by atoms with van der Waals surface area (Å²) in [5, 5.41) is 2.69. The van der Waals surface area contributed by atoms with Gasteiger partial charge in [0.15, 0.2) is 0 Å². The predicted molar refractivity (Wildman–Crippen MR) is 119 cm³/mol. The SMILES string of the molecule is Cc1nc(OCc2ccc(F)cc2F)c(Br)c(=O)n1Cc1ccc(C(=O)NCCN)cc1. The number of nitrogens with one attached hydrogen (secondary N) is 1. The van der Waals surface area contributed by atoms with Crippen LogP contribution in [-0.2, 0) is 13.2 Å². The molecule has 0 aliphatic carbocycles. The van der Waals surface area contributed by atoms with Gasteiger partial charge in [0.05, 0.1) is 6.54 Å². The number of benzene rings is 2. The number of ether oxygens (including phenoxy) is 1. The number of hydrogen-bond acceptors (Lipinski definition) is 5. The molecule has 0 saturated heterocycles. The van der Waals surface area contributed by atoms with Crippen LogP contribution in [0.4, 0.5) is 8.78 Å². The predicted octanol–water partition coefficient (Wildman–Crippen LogP) is 2.91. The van der Waals surface area contributed by atoms with Crippen molar-refractivity contribution >= 4 is 21.8 Å². The van der Waals surface area contributed by atoms with E-state index in [1.54, 1.807) is 31.2 Å². The molecular weight excluding hydrogens is 486 g/mol. The van der Waals surface area contributed by atoms with Crippen molar-refractivity contribution in [3.63, 3.8) is 0 Å². The van der Waals surface area contributed by atoms with Crippen LogP contribution in [0.3, 0.4) is 0 Å². The molecule has 1 heterocycles. The molecular formula is C22H21BrF2N4O3. The molecule has 1 amide bonds. The van der Waals surface area contributed by atoms with E-state index in [1.165, 1.54) is 10.6 Å². The second kappa shape index (κ2) is 10.5. The van der Waals surface area contributed by atoms with E-state index in [-0.39, 0.29) is 40.5 Å². The summed E-state index contributed by atoms with van der Waals surface area (Å²) in [5.41, 5.74) is 6.42. The Hall–Kier alpha value is -3.11. The van der Waals surface area contributed by atoms with Gasteiger partial charge in [0, 0.05) is 30.3 Å². The minimum atomic E-state index is -0.744. The van der Waals surface area contributed by atoms with Crippen molar-refractivity contribution in [3.8, 4) is 5.88 Å². The van der Waals surface area contributed by atoms with Gasteiger partial charge in [-0.25, -0.2) is 8.78 Å². The molecule has 3 aromatic rings. The number of amides is 1. The molecule has 3 rings (SSSR count). The van der Waals surface area contributed by atoms with Crippen molar-refractivity contribution in [3.05, 3.63) is 91.4 Å². The van der Waals surface area contributed by atoms with Crippen molar-refractivity contribution in [2.75, 3.05) is 13.1 Å². The Morgan fingerprint density at radius 2 is 1.94 bits per heavy atom. The van der Waals surface area contributed by atoms with Gasteiger partial charge in [-0.05, 0) is 52.7 Å². The van der Waals surface area contributed by atoms with Crippen LogP contribution in [0.1, 0.15) is 27.3 Å². The van der Waals surface area contributed by atoms with Crippen molar-refractivity contribution in [2.24, 2.45) is 5.73 Å². The Balaban J connectivity index is 1.75. The van der Waals surface area contributed by atoms with E-state index in [9.17, 15) is 18.4 Å². The molecule has 0 aliphatic heterocycles. The van der Waals surface area contributed by atoms with Gasteiger partial charge in [-0.3, -0.25) is 14.2 Å². The Morgan fingerprint density at radius 1 is 1.22 bits per heavy atom. The normalized spacial score (nSPS) is 10.8. The number of nitrogens with two attached hydrogens (primary N) is 1. The Kier molecular flexibility index (Phi) is 7.70. The zero-order valence-electron chi connectivity index (χ0n) is 17.2. The Bertz CT molecular complexity index is 1180. The quantitative estimate of drug-likeness (QED) is 0.489. The lowest BCUT2D eigenvalue weighted by Crippen LogP contribution is -2.29. The van der Waals surface area contributed by atoms with Crippen molar-refractivity contribution < 1.29 is 18.3 Å². The summed E-state index contributed by atoms with van der Waals surface area (Å²) < 4.78 is 33.9. The van der Waals surface area contributed by atoms with Crippen LogP contribution in [-0.4, -0.2) is 28.5 Å². The fourth-order valence-electron chi connectivity index (χ4n) is 2.91. The van der Waals surface area contributed by atoms with Crippen molar-refractivity contribution in [1.82, 2.24) is 14.9 Å². The number of nitrogens with zero attached hydrogens (tertiary/aromatic N) is 2. The summed E-state index contributed by atoms with van der Waals surface area (Å²) >= 11 is 3.20. The second-order valence-corrected chi connectivity index (χ2v) is 7.73. The van der Waals surface area contributed by atoms with E-state index in [2.05, 4.69) is 26.2 Å². The van der Waals surface area contributed by atoms with Gasteiger partial charge in [0.25, 0.3) is 11.5 Å². The number of aryl methyl sites for hydroxylation is 1. The van der Waals surface area contributed by atoms with Gasteiger partial charge < -0.3 is 15.8 Å². The maximum Gasteiger partial charge on any atom is 0.272 e. The highest BCUT2D eigenvalue weighted by Crippen LogP contribution is 2.21.